The summed E-state index contributed by atoms with van der Waals surface area (Å²) in [5.41, 5.74) is 2.38. The normalized spacial score (nSPS) is 15.9. The highest BCUT2D eigenvalue weighted by Crippen LogP contribution is 2.34. The Kier molecular flexibility index (Phi) is 4.81. The van der Waals surface area contributed by atoms with Gasteiger partial charge in [0.1, 0.15) is 17.4 Å². The molecule has 0 spiro atoms. The molecule has 0 bridgehead atoms. The van der Waals surface area contributed by atoms with Gasteiger partial charge in [-0.15, -0.1) is 0 Å². The van der Waals surface area contributed by atoms with Gasteiger partial charge in [-0.1, -0.05) is 12.1 Å². The summed E-state index contributed by atoms with van der Waals surface area (Å²) < 4.78 is 11.7. The van der Waals surface area contributed by atoms with Crippen LogP contribution in [0.1, 0.15) is 34.5 Å². The summed E-state index contributed by atoms with van der Waals surface area (Å²) in [4.78, 5) is 17.9. The van der Waals surface area contributed by atoms with Crippen LogP contribution in [0.5, 0.6) is 5.75 Å². The quantitative estimate of drug-likeness (QED) is 0.739. The Morgan fingerprint density at radius 1 is 1.30 bits per heavy atom. The number of aromatic carboxylic acids is 1. The van der Waals surface area contributed by atoms with Crippen molar-refractivity contribution in [3.8, 4) is 5.75 Å². The van der Waals surface area contributed by atoms with Crippen molar-refractivity contribution in [2.24, 2.45) is 0 Å². The third-order valence-corrected chi connectivity index (χ3v) is 5.07. The number of ether oxygens (including phenoxy) is 1. The van der Waals surface area contributed by atoms with Gasteiger partial charge in [-0.25, -0.2) is 4.79 Å². The summed E-state index contributed by atoms with van der Waals surface area (Å²) >= 11 is 0. The molecule has 1 aliphatic rings. The van der Waals surface area contributed by atoms with Crippen LogP contribution < -0.4 is 4.74 Å². The molecule has 0 amide bonds. The largest absolute Gasteiger partial charge is 0.490 e. The zero-order chi connectivity index (χ0) is 18.8. The molecule has 1 fully saturated rings. The lowest BCUT2D eigenvalue weighted by molar-refractivity contribution is 0.0664. The van der Waals surface area contributed by atoms with E-state index in [9.17, 15) is 9.90 Å². The predicted octanol–water partition coefficient (Wildman–Crippen LogP) is 3.88. The number of carboxylic acid groups (broad SMARTS) is 1. The third kappa shape index (κ3) is 3.66. The number of likely N-dealkylation sites (tertiary alicyclic amines) is 1. The summed E-state index contributed by atoms with van der Waals surface area (Å²) in [7, 11) is 0. The lowest BCUT2D eigenvalue weighted by atomic mass is 10.1. The Hall–Kier alpha value is -2.86. The number of aromatic nitrogens is 1. The molecule has 0 unspecified atom stereocenters. The van der Waals surface area contributed by atoms with Crippen molar-refractivity contribution < 1.29 is 19.1 Å². The van der Waals surface area contributed by atoms with Crippen LogP contribution >= 0.6 is 0 Å². The molecule has 1 aliphatic heterocycles. The molecule has 0 aliphatic carbocycles. The third-order valence-electron chi connectivity index (χ3n) is 5.07. The number of benzene rings is 1. The fourth-order valence-electron chi connectivity index (χ4n) is 3.68. The van der Waals surface area contributed by atoms with Crippen molar-refractivity contribution in [2.75, 3.05) is 13.1 Å². The number of hydrogen-bond donors (Lipinski definition) is 1. The van der Waals surface area contributed by atoms with E-state index < -0.39 is 5.97 Å². The van der Waals surface area contributed by atoms with Crippen LogP contribution in [0.4, 0.5) is 0 Å². The number of rotatable bonds is 5. The fourth-order valence-corrected chi connectivity index (χ4v) is 3.68. The summed E-state index contributed by atoms with van der Waals surface area (Å²) in [6.07, 6.45) is 5.67. The van der Waals surface area contributed by atoms with Gasteiger partial charge >= 0.3 is 5.97 Å². The maximum atomic E-state index is 11.3. The van der Waals surface area contributed by atoms with E-state index >= 15 is 0 Å². The molecule has 0 radical (unpaired) electrons. The number of hydrogen-bond acceptors (Lipinski definition) is 5. The van der Waals surface area contributed by atoms with Gasteiger partial charge in [0.2, 0.25) is 5.76 Å². The highest BCUT2D eigenvalue weighted by Gasteiger charge is 2.24. The van der Waals surface area contributed by atoms with E-state index in [0.717, 1.165) is 37.9 Å². The molecule has 3 aromatic rings. The second-order valence-electron chi connectivity index (χ2n) is 6.95. The lowest BCUT2D eigenvalue weighted by Crippen LogP contribution is -2.37. The fraction of sp³-hybridized carbons (Fsp3) is 0.333. The van der Waals surface area contributed by atoms with Crippen molar-refractivity contribution in [1.82, 2.24) is 9.88 Å². The minimum absolute atomic E-state index is 0.0210. The van der Waals surface area contributed by atoms with Crippen LogP contribution in [0, 0.1) is 6.92 Å². The van der Waals surface area contributed by atoms with E-state index in [4.69, 9.17) is 9.15 Å². The average Bonchev–Trinajstić information content (AvgIpc) is 3.02. The van der Waals surface area contributed by atoms with E-state index in [2.05, 4.69) is 16.0 Å². The molecule has 0 atom stereocenters. The van der Waals surface area contributed by atoms with Crippen molar-refractivity contribution in [1.29, 1.82) is 0 Å². The number of carbonyl (C=O) groups is 1. The molecular formula is C21H22N2O4. The molecule has 27 heavy (non-hydrogen) atoms. The maximum absolute atomic E-state index is 11.3. The van der Waals surface area contributed by atoms with E-state index in [1.165, 1.54) is 5.56 Å². The zero-order valence-corrected chi connectivity index (χ0v) is 15.2. The molecule has 140 valence electrons. The molecule has 4 rings (SSSR count). The Morgan fingerprint density at radius 3 is 2.81 bits per heavy atom. The van der Waals surface area contributed by atoms with E-state index in [1.807, 2.05) is 24.4 Å². The van der Waals surface area contributed by atoms with E-state index in [-0.39, 0.29) is 11.9 Å². The number of aryl methyl sites for hydroxylation is 1. The first-order valence-electron chi connectivity index (χ1n) is 9.15. The van der Waals surface area contributed by atoms with Crippen LogP contribution in [0.2, 0.25) is 0 Å². The summed E-state index contributed by atoms with van der Waals surface area (Å²) in [6.45, 7) is 4.58. The second-order valence-corrected chi connectivity index (χ2v) is 6.95. The summed E-state index contributed by atoms with van der Waals surface area (Å²) in [6, 6.07) is 9.56. The van der Waals surface area contributed by atoms with Crippen molar-refractivity contribution in [2.45, 2.75) is 32.4 Å². The van der Waals surface area contributed by atoms with Gasteiger partial charge in [0.25, 0.3) is 0 Å². The Bertz CT molecular complexity index is 943. The van der Waals surface area contributed by atoms with Gasteiger partial charge in [-0.2, -0.15) is 0 Å². The van der Waals surface area contributed by atoms with Crippen LogP contribution in [0.15, 0.2) is 47.1 Å². The van der Waals surface area contributed by atoms with Gasteiger partial charge in [0.15, 0.2) is 0 Å². The molecule has 1 saturated heterocycles. The number of fused-ring (bicyclic) bond motifs is 1. The highest BCUT2D eigenvalue weighted by atomic mass is 16.5. The lowest BCUT2D eigenvalue weighted by Gasteiger charge is -2.32. The minimum atomic E-state index is -1.06. The average molecular weight is 366 g/mol. The molecular weight excluding hydrogens is 344 g/mol. The van der Waals surface area contributed by atoms with Crippen LogP contribution in [0.3, 0.4) is 0 Å². The first kappa shape index (κ1) is 17.5. The monoisotopic (exact) mass is 366 g/mol. The van der Waals surface area contributed by atoms with Crippen LogP contribution in [-0.2, 0) is 6.54 Å². The topological polar surface area (TPSA) is 75.8 Å². The van der Waals surface area contributed by atoms with Gasteiger partial charge in [-0.3, -0.25) is 9.88 Å². The summed E-state index contributed by atoms with van der Waals surface area (Å²) in [5.74, 6) is -0.377. The zero-order valence-electron chi connectivity index (χ0n) is 15.2. The van der Waals surface area contributed by atoms with E-state index in [1.54, 1.807) is 19.2 Å². The van der Waals surface area contributed by atoms with Crippen molar-refractivity contribution in [3.63, 3.8) is 0 Å². The van der Waals surface area contributed by atoms with Gasteiger partial charge in [0, 0.05) is 37.6 Å². The number of nitrogens with zero attached hydrogens (tertiary/aromatic N) is 2. The molecule has 0 saturated carbocycles. The van der Waals surface area contributed by atoms with Gasteiger partial charge < -0.3 is 14.3 Å². The predicted molar refractivity (Wildman–Crippen MR) is 101 cm³/mol. The van der Waals surface area contributed by atoms with Crippen LogP contribution in [-0.4, -0.2) is 40.2 Å². The summed E-state index contributed by atoms with van der Waals surface area (Å²) in [5, 5.41) is 10.0. The Morgan fingerprint density at radius 2 is 2.11 bits per heavy atom. The number of furan rings is 1. The maximum Gasteiger partial charge on any atom is 0.372 e. The standard InChI is InChI=1S/C21H22N2O4/c1-14-19-17(5-2-6-18(19)27-20(14)21(24)25)26-16-7-10-23(11-8-16)13-15-4-3-9-22-12-15/h2-6,9,12,16H,7-8,10-11,13H2,1H3,(H,24,25). The Balaban J connectivity index is 1.44. The minimum Gasteiger partial charge on any atom is -0.490 e. The number of piperidine rings is 1. The molecule has 2 aromatic heterocycles. The molecule has 3 heterocycles. The highest BCUT2D eigenvalue weighted by molar-refractivity contribution is 5.97. The number of carboxylic acids is 1. The van der Waals surface area contributed by atoms with Crippen LogP contribution in [0.25, 0.3) is 11.0 Å². The molecule has 6 nitrogen and oxygen atoms in total. The van der Waals surface area contributed by atoms with E-state index in [0.29, 0.717) is 16.9 Å². The first-order chi connectivity index (χ1) is 13.1. The van der Waals surface area contributed by atoms with Crippen molar-refractivity contribution in [3.05, 3.63) is 59.6 Å². The second kappa shape index (κ2) is 7.40. The van der Waals surface area contributed by atoms with Gasteiger partial charge in [0.05, 0.1) is 5.39 Å². The van der Waals surface area contributed by atoms with Crippen molar-refractivity contribution >= 4 is 16.9 Å². The number of pyridine rings is 1. The Labute approximate surface area is 157 Å². The molecule has 1 N–H and O–H groups in total. The molecule has 6 heteroatoms. The smallest absolute Gasteiger partial charge is 0.372 e. The molecule has 1 aromatic carbocycles. The first-order valence-corrected chi connectivity index (χ1v) is 9.15. The SMILES string of the molecule is Cc1c(C(=O)O)oc2cccc(OC3CCN(Cc4cccnc4)CC3)c12. The van der Waals surface area contributed by atoms with Gasteiger partial charge in [-0.05, 0) is 43.5 Å².